The van der Waals surface area contributed by atoms with Crippen LogP contribution in [0.25, 0.3) is 0 Å². The summed E-state index contributed by atoms with van der Waals surface area (Å²) >= 11 is 5.97. The Bertz CT molecular complexity index is 1290. The van der Waals surface area contributed by atoms with Gasteiger partial charge in [-0.15, -0.1) is 0 Å². The van der Waals surface area contributed by atoms with Gasteiger partial charge in [0.1, 0.15) is 16.9 Å². The van der Waals surface area contributed by atoms with Crippen molar-refractivity contribution < 1.29 is 19.2 Å². The largest absolute Gasteiger partial charge is 0.497 e. The normalized spacial score (nSPS) is 14.4. The van der Waals surface area contributed by atoms with Crippen LogP contribution in [0.4, 0.5) is 5.69 Å². The number of halogens is 1. The molecule has 39 heavy (non-hydrogen) atoms. The molecular formula is C30H32ClN3O5. The summed E-state index contributed by atoms with van der Waals surface area (Å²) in [6, 6.07) is 15.7. The maximum absolute atomic E-state index is 14.0. The summed E-state index contributed by atoms with van der Waals surface area (Å²) in [7, 11) is 1.59. The number of carbonyl (C=O) groups is 2. The van der Waals surface area contributed by atoms with Crippen molar-refractivity contribution in [2.24, 2.45) is 5.92 Å². The van der Waals surface area contributed by atoms with Gasteiger partial charge in [-0.2, -0.15) is 0 Å². The van der Waals surface area contributed by atoms with Crippen LogP contribution in [0.3, 0.4) is 0 Å². The standard InChI is InChI=1S/C30H32ClN3O5/c1-39-26-9-5-8-22(18-26)16-17-33(30(36)24-12-15-28(31)32-20-24)29(23-10-13-25(14-11-23)34(37)38)27(35)19-21-6-3-2-4-7-21/h5,8-15,18,20-21,29H,2-4,6-7,16-17,19H2,1H3. The summed E-state index contributed by atoms with van der Waals surface area (Å²) in [5.74, 6) is 0.533. The molecule has 0 radical (unpaired) electrons. The number of nitro benzene ring substituents is 1. The van der Waals surface area contributed by atoms with Crippen LogP contribution in [0.2, 0.25) is 5.15 Å². The molecule has 1 aromatic heterocycles. The molecule has 8 nitrogen and oxygen atoms in total. The lowest BCUT2D eigenvalue weighted by Crippen LogP contribution is -2.41. The maximum Gasteiger partial charge on any atom is 0.269 e. The number of rotatable bonds is 11. The molecule has 1 amide bonds. The average Bonchev–Trinajstić information content (AvgIpc) is 2.96. The summed E-state index contributed by atoms with van der Waals surface area (Å²) in [6.45, 7) is 0.243. The number of hydrogen-bond donors (Lipinski definition) is 0. The molecule has 4 rings (SSSR count). The molecule has 1 heterocycles. The van der Waals surface area contributed by atoms with Crippen LogP contribution in [0.15, 0.2) is 66.9 Å². The smallest absolute Gasteiger partial charge is 0.269 e. The van der Waals surface area contributed by atoms with Crippen molar-refractivity contribution in [3.05, 3.63) is 98.8 Å². The topological polar surface area (TPSA) is 103 Å². The minimum absolute atomic E-state index is 0.0725. The lowest BCUT2D eigenvalue weighted by atomic mass is 9.83. The van der Waals surface area contributed by atoms with E-state index in [-0.39, 0.29) is 35.0 Å². The van der Waals surface area contributed by atoms with Gasteiger partial charge >= 0.3 is 0 Å². The fraction of sp³-hybridized carbons (Fsp3) is 0.367. The van der Waals surface area contributed by atoms with E-state index in [2.05, 4.69) is 4.98 Å². The van der Waals surface area contributed by atoms with Gasteiger partial charge in [0.2, 0.25) is 0 Å². The monoisotopic (exact) mass is 549 g/mol. The molecule has 1 fully saturated rings. The van der Waals surface area contributed by atoms with E-state index in [0.717, 1.165) is 31.2 Å². The Morgan fingerprint density at radius 3 is 2.49 bits per heavy atom. The minimum Gasteiger partial charge on any atom is -0.497 e. The van der Waals surface area contributed by atoms with Crippen LogP contribution >= 0.6 is 11.6 Å². The molecule has 0 aliphatic heterocycles. The Hall–Kier alpha value is -3.78. The summed E-state index contributed by atoms with van der Waals surface area (Å²) in [4.78, 5) is 44.4. The first-order valence-corrected chi connectivity index (χ1v) is 13.6. The first-order valence-electron chi connectivity index (χ1n) is 13.2. The lowest BCUT2D eigenvalue weighted by Gasteiger charge is -2.33. The van der Waals surface area contributed by atoms with Gasteiger partial charge in [0.15, 0.2) is 5.78 Å². The zero-order valence-electron chi connectivity index (χ0n) is 21.9. The van der Waals surface area contributed by atoms with E-state index in [1.165, 1.54) is 24.8 Å². The second-order valence-electron chi connectivity index (χ2n) is 9.90. The zero-order chi connectivity index (χ0) is 27.8. The highest BCUT2D eigenvalue weighted by atomic mass is 35.5. The Morgan fingerprint density at radius 2 is 1.85 bits per heavy atom. The van der Waals surface area contributed by atoms with E-state index in [4.69, 9.17) is 16.3 Å². The van der Waals surface area contributed by atoms with Gasteiger partial charge < -0.3 is 9.64 Å². The molecule has 9 heteroatoms. The van der Waals surface area contributed by atoms with E-state index < -0.39 is 11.0 Å². The number of carbonyl (C=O) groups excluding carboxylic acids is 2. The molecule has 0 spiro atoms. The van der Waals surface area contributed by atoms with Gasteiger partial charge in [0, 0.05) is 31.3 Å². The van der Waals surface area contributed by atoms with Gasteiger partial charge in [-0.05, 0) is 59.9 Å². The molecule has 204 valence electrons. The van der Waals surface area contributed by atoms with Gasteiger partial charge in [0.25, 0.3) is 11.6 Å². The molecule has 1 saturated carbocycles. The highest BCUT2D eigenvalue weighted by Crippen LogP contribution is 2.33. The number of pyridine rings is 1. The average molecular weight is 550 g/mol. The molecule has 1 atom stereocenters. The number of hydrogen-bond acceptors (Lipinski definition) is 6. The van der Waals surface area contributed by atoms with E-state index in [0.29, 0.717) is 29.7 Å². The number of ketones is 1. The van der Waals surface area contributed by atoms with E-state index in [1.54, 1.807) is 36.3 Å². The summed E-state index contributed by atoms with van der Waals surface area (Å²) in [5, 5.41) is 11.6. The molecule has 0 N–H and O–H groups in total. The van der Waals surface area contributed by atoms with E-state index >= 15 is 0 Å². The second kappa shape index (κ2) is 13.3. The third-order valence-corrected chi connectivity index (χ3v) is 7.49. The van der Waals surface area contributed by atoms with E-state index in [9.17, 15) is 19.7 Å². The van der Waals surface area contributed by atoms with Crippen molar-refractivity contribution in [3.63, 3.8) is 0 Å². The molecule has 0 bridgehead atoms. The molecule has 3 aromatic rings. The molecular weight excluding hydrogens is 518 g/mol. The lowest BCUT2D eigenvalue weighted by molar-refractivity contribution is -0.384. The number of amides is 1. The van der Waals surface area contributed by atoms with Crippen molar-refractivity contribution in [3.8, 4) is 5.75 Å². The summed E-state index contributed by atoms with van der Waals surface area (Å²) in [5.41, 5.74) is 1.72. The van der Waals surface area contributed by atoms with E-state index in [1.807, 2.05) is 24.3 Å². The van der Waals surface area contributed by atoms with Crippen LogP contribution in [0.5, 0.6) is 5.75 Å². The number of Topliss-reactive ketones (excluding diaryl/α,β-unsaturated/α-hetero) is 1. The Labute approximate surface area is 233 Å². The fourth-order valence-corrected chi connectivity index (χ4v) is 5.31. The number of benzene rings is 2. The van der Waals surface area contributed by atoms with Crippen LogP contribution in [0, 0.1) is 16.0 Å². The Balaban J connectivity index is 1.72. The zero-order valence-corrected chi connectivity index (χ0v) is 22.7. The van der Waals surface area contributed by atoms with Crippen LogP contribution < -0.4 is 4.74 Å². The van der Waals surface area contributed by atoms with Crippen LogP contribution in [0.1, 0.15) is 66.1 Å². The van der Waals surface area contributed by atoms with Gasteiger partial charge in [-0.3, -0.25) is 19.7 Å². The molecule has 0 saturated heterocycles. The molecule has 2 aromatic carbocycles. The van der Waals surface area contributed by atoms with Gasteiger partial charge in [-0.1, -0.05) is 55.8 Å². The third-order valence-electron chi connectivity index (χ3n) is 7.26. The maximum atomic E-state index is 14.0. The number of methoxy groups -OCH3 is 1. The van der Waals surface area contributed by atoms with Crippen molar-refractivity contribution in [2.75, 3.05) is 13.7 Å². The number of non-ortho nitro benzene ring substituents is 1. The molecule has 1 aliphatic carbocycles. The minimum atomic E-state index is -0.901. The highest BCUT2D eigenvalue weighted by molar-refractivity contribution is 6.29. The number of ether oxygens (including phenoxy) is 1. The van der Waals surface area contributed by atoms with Crippen molar-refractivity contribution >= 4 is 29.0 Å². The van der Waals surface area contributed by atoms with Crippen molar-refractivity contribution in [1.82, 2.24) is 9.88 Å². The number of aromatic nitrogens is 1. The van der Waals surface area contributed by atoms with Crippen molar-refractivity contribution in [2.45, 2.75) is 51.0 Å². The first-order chi connectivity index (χ1) is 18.9. The van der Waals surface area contributed by atoms with Crippen LogP contribution in [-0.2, 0) is 11.2 Å². The second-order valence-corrected chi connectivity index (χ2v) is 10.3. The third kappa shape index (κ3) is 7.41. The predicted molar refractivity (Wildman–Crippen MR) is 149 cm³/mol. The number of nitrogens with zero attached hydrogens (tertiary/aromatic N) is 3. The van der Waals surface area contributed by atoms with Crippen molar-refractivity contribution in [1.29, 1.82) is 0 Å². The summed E-state index contributed by atoms with van der Waals surface area (Å²) < 4.78 is 5.35. The molecule has 1 unspecified atom stereocenters. The highest BCUT2D eigenvalue weighted by Gasteiger charge is 2.33. The fourth-order valence-electron chi connectivity index (χ4n) is 5.20. The SMILES string of the molecule is COc1cccc(CCN(C(=O)c2ccc(Cl)nc2)C(C(=O)CC2CCCCC2)c2ccc([N+](=O)[O-])cc2)c1. The first kappa shape index (κ1) is 28.2. The van der Waals surface area contributed by atoms with Gasteiger partial charge in [0.05, 0.1) is 17.6 Å². The van der Waals surface area contributed by atoms with Crippen LogP contribution in [-0.4, -0.2) is 40.2 Å². The van der Waals surface area contributed by atoms with Gasteiger partial charge in [-0.25, -0.2) is 4.98 Å². The number of nitro groups is 1. The molecule has 1 aliphatic rings. The quantitative estimate of drug-likeness (QED) is 0.151. The predicted octanol–water partition coefficient (Wildman–Crippen LogP) is 6.62. The summed E-state index contributed by atoms with van der Waals surface area (Å²) in [6.07, 6.45) is 7.56. The Kier molecular flexibility index (Phi) is 9.65. The Morgan fingerprint density at radius 1 is 1.10 bits per heavy atom.